The second-order valence-electron chi connectivity index (χ2n) is 5.36. The van der Waals surface area contributed by atoms with E-state index >= 15 is 0 Å². The Labute approximate surface area is 126 Å². The summed E-state index contributed by atoms with van der Waals surface area (Å²) in [5, 5.41) is 0. The molecule has 1 saturated carbocycles. The molecule has 1 aliphatic carbocycles. The molecule has 0 bridgehead atoms. The lowest BCUT2D eigenvalue weighted by molar-refractivity contribution is 0.471. The number of pyridine rings is 1. The topological polar surface area (TPSA) is 30.7 Å². The third-order valence-electron chi connectivity index (χ3n) is 3.70. The highest BCUT2D eigenvalue weighted by Gasteiger charge is 2.26. The van der Waals surface area contributed by atoms with Gasteiger partial charge in [-0.1, -0.05) is 12.8 Å². The van der Waals surface area contributed by atoms with Crippen LogP contribution in [0.2, 0.25) is 0 Å². The van der Waals surface area contributed by atoms with E-state index in [0.29, 0.717) is 11.9 Å². The summed E-state index contributed by atoms with van der Waals surface area (Å²) in [7, 11) is 0. The van der Waals surface area contributed by atoms with E-state index in [1.807, 2.05) is 12.3 Å². The number of fused-ring (bicyclic) bond motifs is 1. The van der Waals surface area contributed by atoms with E-state index in [-0.39, 0.29) is 0 Å². The van der Waals surface area contributed by atoms with Crippen molar-refractivity contribution in [2.24, 2.45) is 5.92 Å². The van der Waals surface area contributed by atoms with Crippen LogP contribution in [0, 0.1) is 5.92 Å². The predicted molar refractivity (Wildman–Crippen MR) is 81.7 cm³/mol. The Morgan fingerprint density at radius 3 is 3.00 bits per heavy atom. The van der Waals surface area contributed by atoms with Crippen LogP contribution < -0.4 is 0 Å². The summed E-state index contributed by atoms with van der Waals surface area (Å²) in [6, 6.07) is 2.48. The van der Waals surface area contributed by atoms with Gasteiger partial charge in [0, 0.05) is 29.0 Å². The van der Waals surface area contributed by atoms with Crippen LogP contribution in [0.4, 0.5) is 0 Å². The van der Waals surface area contributed by atoms with Gasteiger partial charge in [0.25, 0.3) is 0 Å². The molecule has 1 atom stereocenters. The molecule has 1 aliphatic rings. The molecule has 0 amide bonds. The first-order valence-corrected chi connectivity index (χ1v) is 8.10. The van der Waals surface area contributed by atoms with Crippen molar-refractivity contribution >= 4 is 38.7 Å². The molecule has 0 aromatic carbocycles. The Kier molecular flexibility index (Phi) is 3.81. The minimum atomic E-state index is 0.449. The number of nitrogens with zero attached hydrogens (tertiary/aromatic N) is 3. The first-order valence-electron chi connectivity index (χ1n) is 6.77. The van der Waals surface area contributed by atoms with Crippen LogP contribution in [0.5, 0.6) is 0 Å². The molecule has 2 aromatic rings. The molecule has 0 spiro atoms. The zero-order chi connectivity index (χ0) is 13.4. The van der Waals surface area contributed by atoms with Crippen molar-refractivity contribution in [2.45, 2.75) is 38.6 Å². The van der Waals surface area contributed by atoms with Crippen molar-refractivity contribution in [1.82, 2.24) is 14.5 Å². The smallest absolute Gasteiger partial charge is 0.160 e. The van der Waals surface area contributed by atoms with E-state index in [4.69, 9.17) is 16.6 Å². The number of hydrogen-bond donors (Lipinski definition) is 0. The van der Waals surface area contributed by atoms with Crippen LogP contribution in [0.3, 0.4) is 0 Å². The fraction of sp³-hybridized carbons (Fsp3) is 0.571. The lowest BCUT2D eigenvalue weighted by Gasteiger charge is -2.16. The predicted octanol–water partition coefficient (Wildman–Crippen LogP) is 4.34. The summed E-state index contributed by atoms with van der Waals surface area (Å²) in [6.45, 7) is 2.26. The van der Waals surface area contributed by atoms with Gasteiger partial charge in [0.05, 0.1) is 0 Å². The number of rotatable bonds is 5. The molecule has 0 aliphatic heterocycles. The number of halogens is 2. The maximum Gasteiger partial charge on any atom is 0.160 e. The van der Waals surface area contributed by atoms with Gasteiger partial charge >= 0.3 is 0 Å². The lowest BCUT2D eigenvalue weighted by atomic mass is 10.1. The number of imidazole rings is 1. The molecule has 1 unspecified atom stereocenters. The van der Waals surface area contributed by atoms with Gasteiger partial charge in [-0.3, -0.25) is 0 Å². The average Bonchev–Trinajstić information content (AvgIpc) is 3.09. The van der Waals surface area contributed by atoms with Crippen molar-refractivity contribution in [1.29, 1.82) is 0 Å². The molecular weight excluding hydrogens is 326 g/mol. The standard InChI is InChI=1S/C14H17BrClN3/c1-9(6-10-2-3-10)19-13(4-5-16)18-12-7-11(15)8-17-14(12)19/h7-10H,2-6H2,1H3. The zero-order valence-electron chi connectivity index (χ0n) is 10.9. The van der Waals surface area contributed by atoms with Crippen LogP contribution in [0.1, 0.15) is 38.1 Å². The van der Waals surface area contributed by atoms with Gasteiger partial charge in [-0.05, 0) is 41.3 Å². The Hall–Kier alpha value is -0.610. The molecule has 2 heterocycles. The van der Waals surface area contributed by atoms with Crippen molar-refractivity contribution < 1.29 is 0 Å². The van der Waals surface area contributed by atoms with E-state index in [1.54, 1.807) is 0 Å². The van der Waals surface area contributed by atoms with Crippen LogP contribution in [0.25, 0.3) is 11.2 Å². The van der Waals surface area contributed by atoms with Gasteiger partial charge in [-0.25, -0.2) is 9.97 Å². The molecule has 0 N–H and O–H groups in total. The van der Waals surface area contributed by atoms with Gasteiger partial charge in [0.15, 0.2) is 5.65 Å². The fourth-order valence-electron chi connectivity index (χ4n) is 2.67. The number of aryl methyl sites for hydroxylation is 1. The normalized spacial score (nSPS) is 17.0. The molecule has 0 saturated heterocycles. The second-order valence-corrected chi connectivity index (χ2v) is 6.66. The highest BCUT2D eigenvalue weighted by molar-refractivity contribution is 9.10. The molecule has 3 rings (SSSR count). The molecule has 3 nitrogen and oxygen atoms in total. The van der Waals surface area contributed by atoms with E-state index in [1.165, 1.54) is 19.3 Å². The summed E-state index contributed by atoms with van der Waals surface area (Å²) >= 11 is 9.36. The zero-order valence-corrected chi connectivity index (χ0v) is 13.3. The number of aromatic nitrogens is 3. The van der Waals surface area contributed by atoms with Crippen LogP contribution in [-0.4, -0.2) is 20.4 Å². The highest BCUT2D eigenvalue weighted by Crippen LogP contribution is 2.38. The Balaban J connectivity index is 2.04. The first kappa shape index (κ1) is 13.4. The maximum atomic E-state index is 5.91. The van der Waals surface area contributed by atoms with Crippen molar-refractivity contribution in [3.63, 3.8) is 0 Å². The monoisotopic (exact) mass is 341 g/mol. The minimum absolute atomic E-state index is 0.449. The quantitative estimate of drug-likeness (QED) is 0.757. The van der Waals surface area contributed by atoms with E-state index in [0.717, 1.165) is 33.8 Å². The Morgan fingerprint density at radius 1 is 1.53 bits per heavy atom. The summed E-state index contributed by atoms with van der Waals surface area (Å²) in [5.41, 5.74) is 1.94. The SMILES string of the molecule is CC(CC1CC1)n1c(CCCl)nc2cc(Br)cnc21. The lowest BCUT2D eigenvalue weighted by Crippen LogP contribution is -2.11. The molecule has 0 radical (unpaired) electrons. The third-order valence-corrected chi connectivity index (χ3v) is 4.32. The summed E-state index contributed by atoms with van der Waals surface area (Å²) in [4.78, 5) is 9.24. The van der Waals surface area contributed by atoms with Crippen LogP contribution in [0.15, 0.2) is 16.7 Å². The van der Waals surface area contributed by atoms with E-state index in [2.05, 4.69) is 32.4 Å². The van der Waals surface area contributed by atoms with Gasteiger partial charge in [-0.2, -0.15) is 0 Å². The Bertz CT molecular complexity index is 592. The molecular formula is C14H17BrClN3. The number of hydrogen-bond acceptors (Lipinski definition) is 2. The number of alkyl halides is 1. The van der Waals surface area contributed by atoms with Crippen molar-refractivity contribution in [3.05, 3.63) is 22.6 Å². The first-order chi connectivity index (χ1) is 9.19. The molecule has 19 heavy (non-hydrogen) atoms. The third kappa shape index (κ3) is 2.79. The molecule has 5 heteroatoms. The van der Waals surface area contributed by atoms with E-state index in [9.17, 15) is 0 Å². The fourth-order valence-corrected chi connectivity index (χ4v) is 3.16. The Morgan fingerprint density at radius 2 is 2.32 bits per heavy atom. The van der Waals surface area contributed by atoms with Crippen molar-refractivity contribution in [3.8, 4) is 0 Å². The largest absolute Gasteiger partial charge is 0.310 e. The summed E-state index contributed by atoms with van der Waals surface area (Å²) < 4.78 is 3.25. The van der Waals surface area contributed by atoms with Gasteiger partial charge in [-0.15, -0.1) is 11.6 Å². The maximum absolute atomic E-state index is 5.91. The summed E-state index contributed by atoms with van der Waals surface area (Å²) in [6.07, 6.45) is 6.61. The van der Waals surface area contributed by atoms with Crippen molar-refractivity contribution in [2.75, 3.05) is 5.88 Å². The second kappa shape index (κ2) is 5.41. The molecule has 102 valence electrons. The highest BCUT2D eigenvalue weighted by atomic mass is 79.9. The molecule has 2 aromatic heterocycles. The average molecular weight is 343 g/mol. The summed E-state index contributed by atoms with van der Waals surface area (Å²) in [5.74, 6) is 2.55. The van der Waals surface area contributed by atoms with Crippen LogP contribution in [-0.2, 0) is 6.42 Å². The van der Waals surface area contributed by atoms with Gasteiger partial charge in [0.1, 0.15) is 11.3 Å². The minimum Gasteiger partial charge on any atom is -0.310 e. The van der Waals surface area contributed by atoms with Crippen LogP contribution >= 0.6 is 27.5 Å². The van der Waals surface area contributed by atoms with E-state index < -0.39 is 0 Å². The van der Waals surface area contributed by atoms with Gasteiger partial charge in [0.2, 0.25) is 0 Å². The van der Waals surface area contributed by atoms with Gasteiger partial charge < -0.3 is 4.57 Å². The molecule has 1 fully saturated rings.